The van der Waals surface area contributed by atoms with Crippen molar-refractivity contribution in [1.82, 2.24) is 0 Å². The highest BCUT2D eigenvalue weighted by Crippen LogP contribution is 2.33. The van der Waals surface area contributed by atoms with E-state index in [1.54, 1.807) is 7.11 Å². The van der Waals surface area contributed by atoms with Gasteiger partial charge in [-0.25, -0.2) is 0 Å². The highest BCUT2D eigenvalue weighted by atomic mass is 16.5. The summed E-state index contributed by atoms with van der Waals surface area (Å²) in [6, 6.07) is 29.4. The minimum Gasteiger partial charge on any atom is -0.369 e. The first-order valence-electron chi connectivity index (χ1n) is 7.51. The van der Waals surface area contributed by atoms with Crippen molar-refractivity contribution in [3.63, 3.8) is 0 Å². The summed E-state index contributed by atoms with van der Waals surface area (Å²) in [6.45, 7) is 2.11. The fraction of sp³-hybridized carbons (Fsp3) is 0.143. The van der Waals surface area contributed by atoms with Gasteiger partial charge in [0.05, 0.1) is 0 Å². The Morgan fingerprint density at radius 3 is 1.59 bits per heavy atom. The molecule has 0 saturated carbocycles. The molecule has 3 aromatic rings. The number of benzene rings is 3. The minimum atomic E-state index is -0.434. The molecule has 0 saturated heterocycles. The topological polar surface area (TPSA) is 9.23 Å². The first-order chi connectivity index (χ1) is 10.7. The van der Waals surface area contributed by atoms with E-state index in [2.05, 4.69) is 67.6 Å². The largest absolute Gasteiger partial charge is 0.369 e. The summed E-state index contributed by atoms with van der Waals surface area (Å²) in [7, 11) is 1.76. The number of rotatable bonds is 4. The second kappa shape index (κ2) is 6.17. The molecule has 0 fully saturated rings. The zero-order valence-corrected chi connectivity index (χ0v) is 13.0. The highest BCUT2D eigenvalue weighted by Gasteiger charge is 2.28. The van der Waals surface area contributed by atoms with Crippen molar-refractivity contribution in [1.29, 1.82) is 0 Å². The maximum absolute atomic E-state index is 5.86. The molecule has 0 amide bonds. The van der Waals surface area contributed by atoms with E-state index >= 15 is 0 Å². The van der Waals surface area contributed by atoms with Gasteiger partial charge in [-0.3, -0.25) is 0 Å². The van der Waals surface area contributed by atoms with E-state index in [-0.39, 0.29) is 0 Å². The maximum Gasteiger partial charge on any atom is 0.115 e. The first kappa shape index (κ1) is 14.6. The summed E-state index contributed by atoms with van der Waals surface area (Å²) in [5.41, 5.74) is 4.32. The summed E-state index contributed by atoms with van der Waals surface area (Å²) in [6.07, 6.45) is 0. The van der Waals surface area contributed by atoms with Crippen LogP contribution < -0.4 is 0 Å². The van der Waals surface area contributed by atoms with Gasteiger partial charge in [-0.15, -0.1) is 0 Å². The van der Waals surface area contributed by atoms with Gasteiger partial charge < -0.3 is 4.74 Å². The van der Waals surface area contributed by atoms with Crippen LogP contribution in [0.3, 0.4) is 0 Å². The Labute approximate surface area is 132 Å². The van der Waals surface area contributed by atoms with Crippen LogP contribution in [0.5, 0.6) is 0 Å². The molecule has 0 radical (unpaired) electrons. The second-order valence-electron chi connectivity index (χ2n) is 5.55. The van der Waals surface area contributed by atoms with Gasteiger partial charge in [0, 0.05) is 7.11 Å². The van der Waals surface area contributed by atoms with Crippen LogP contribution in [0.1, 0.15) is 18.1 Å². The molecule has 0 aliphatic heterocycles. The van der Waals surface area contributed by atoms with E-state index in [0.29, 0.717) is 0 Å². The molecule has 1 nitrogen and oxygen atoms in total. The van der Waals surface area contributed by atoms with Gasteiger partial charge in [-0.1, -0.05) is 84.9 Å². The Hall–Kier alpha value is -2.38. The predicted octanol–water partition coefficient (Wildman–Crippen LogP) is 5.26. The maximum atomic E-state index is 5.86. The van der Waals surface area contributed by atoms with Crippen LogP contribution in [0.4, 0.5) is 0 Å². The molecule has 0 unspecified atom stereocenters. The van der Waals surface area contributed by atoms with Gasteiger partial charge in [0.2, 0.25) is 0 Å². The predicted molar refractivity (Wildman–Crippen MR) is 91.8 cm³/mol. The molecule has 0 aromatic heterocycles. The molecular formula is C21H20O. The van der Waals surface area contributed by atoms with Crippen LogP contribution in [-0.2, 0) is 10.3 Å². The lowest BCUT2D eigenvalue weighted by atomic mass is 9.87. The molecule has 0 heterocycles. The van der Waals surface area contributed by atoms with Crippen molar-refractivity contribution in [2.45, 2.75) is 12.5 Å². The summed E-state index contributed by atoms with van der Waals surface area (Å²) in [5.74, 6) is 0. The normalized spacial score (nSPS) is 13.5. The molecule has 0 bridgehead atoms. The third-order valence-electron chi connectivity index (χ3n) is 4.28. The Kier molecular flexibility index (Phi) is 4.08. The third-order valence-corrected chi connectivity index (χ3v) is 4.28. The highest BCUT2D eigenvalue weighted by molar-refractivity contribution is 5.63. The van der Waals surface area contributed by atoms with Crippen molar-refractivity contribution in [2.75, 3.05) is 7.11 Å². The molecule has 3 rings (SSSR count). The SMILES string of the molecule is CO[C@@](C)(c1ccccc1)c1ccc(-c2ccccc2)cc1. The summed E-state index contributed by atoms with van der Waals surface area (Å²) >= 11 is 0. The quantitative estimate of drug-likeness (QED) is 0.636. The number of ether oxygens (including phenoxy) is 1. The molecule has 3 aromatic carbocycles. The van der Waals surface area contributed by atoms with Crippen molar-refractivity contribution >= 4 is 0 Å². The van der Waals surface area contributed by atoms with E-state index in [0.717, 1.165) is 11.1 Å². The Morgan fingerprint density at radius 2 is 1.05 bits per heavy atom. The lowest BCUT2D eigenvalue weighted by molar-refractivity contribution is 0.0391. The van der Waals surface area contributed by atoms with Crippen LogP contribution in [0.2, 0.25) is 0 Å². The molecule has 0 N–H and O–H groups in total. The van der Waals surface area contributed by atoms with Crippen LogP contribution in [0, 0.1) is 0 Å². The van der Waals surface area contributed by atoms with Gasteiger partial charge in [-0.2, -0.15) is 0 Å². The fourth-order valence-electron chi connectivity index (χ4n) is 2.77. The molecule has 110 valence electrons. The standard InChI is InChI=1S/C21H20O/c1-21(22-2,19-11-7-4-8-12-19)20-15-13-18(14-16-20)17-9-5-3-6-10-17/h3-16H,1-2H3/t21-/m0/s1. The van der Waals surface area contributed by atoms with Crippen LogP contribution in [0.15, 0.2) is 84.9 Å². The zero-order valence-electron chi connectivity index (χ0n) is 13.0. The Bertz CT molecular complexity index is 717. The van der Waals surface area contributed by atoms with Crippen LogP contribution in [-0.4, -0.2) is 7.11 Å². The van der Waals surface area contributed by atoms with Crippen molar-refractivity contribution in [3.05, 3.63) is 96.1 Å². The van der Waals surface area contributed by atoms with E-state index in [1.165, 1.54) is 11.1 Å². The van der Waals surface area contributed by atoms with Crippen molar-refractivity contribution in [3.8, 4) is 11.1 Å². The summed E-state index contributed by atoms with van der Waals surface area (Å²) in [4.78, 5) is 0. The monoisotopic (exact) mass is 288 g/mol. The Morgan fingerprint density at radius 1 is 0.591 bits per heavy atom. The Balaban J connectivity index is 1.98. The summed E-state index contributed by atoms with van der Waals surface area (Å²) < 4.78 is 5.86. The molecule has 0 aliphatic carbocycles. The average molecular weight is 288 g/mol. The smallest absolute Gasteiger partial charge is 0.115 e. The number of methoxy groups -OCH3 is 1. The fourth-order valence-corrected chi connectivity index (χ4v) is 2.77. The van der Waals surface area contributed by atoms with Gasteiger partial charge in [-0.05, 0) is 29.2 Å². The lowest BCUT2D eigenvalue weighted by Gasteiger charge is -2.29. The molecule has 1 heteroatoms. The summed E-state index contributed by atoms with van der Waals surface area (Å²) in [5, 5.41) is 0. The lowest BCUT2D eigenvalue weighted by Crippen LogP contribution is -2.25. The molecule has 0 aliphatic rings. The average Bonchev–Trinajstić information content (AvgIpc) is 2.63. The van der Waals surface area contributed by atoms with E-state index in [1.807, 2.05) is 24.3 Å². The third kappa shape index (κ3) is 2.68. The second-order valence-corrected chi connectivity index (χ2v) is 5.55. The van der Waals surface area contributed by atoms with Gasteiger partial charge in [0.25, 0.3) is 0 Å². The van der Waals surface area contributed by atoms with Crippen molar-refractivity contribution in [2.24, 2.45) is 0 Å². The van der Waals surface area contributed by atoms with E-state index < -0.39 is 5.60 Å². The number of hydrogen-bond acceptors (Lipinski definition) is 1. The first-order valence-corrected chi connectivity index (χ1v) is 7.51. The van der Waals surface area contributed by atoms with Gasteiger partial charge >= 0.3 is 0 Å². The van der Waals surface area contributed by atoms with Crippen LogP contribution in [0.25, 0.3) is 11.1 Å². The minimum absolute atomic E-state index is 0.434. The van der Waals surface area contributed by atoms with E-state index in [9.17, 15) is 0 Å². The zero-order chi connectivity index (χ0) is 15.4. The number of hydrogen-bond donors (Lipinski definition) is 0. The van der Waals surface area contributed by atoms with Crippen molar-refractivity contribution < 1.29 is 4.74 Å². The molecule has 1 atom stereocenters. The van der Waals surface area contributed by atoms with Gasteiger partial charge in [0.15, 0.2) is 0 Å². The molecule has 0 spiro atoms. The molecular weight excluding hydrogens is 268 g/mol. The van der Waals surface area contributed by atoms with E-state index in [4.69, 9.17) is 4.74 Å². The molecule has 22 heavy (non-hydrogen) atoms. The van der Waals surface area contributed by atoms with Gasteiger partial charge in [0.1, 0.15) is 5.60 Å². The van der Waals surface area contributed by atoms with Crippen LogP contribution >= 0.6 is 0 Å².